The number of aryl methyl sites for hydroxylation is 2. The topological polar surface area (TPSA) is 111 Å². The molecule has 2 aromatic carbocycles. The number of hydrogen-bond acceptors (Lipinski definition) is 9. The Morgan fingerprint density at radius 1 is 1.05 bits per heavy atom. The summed E-state index contributed by atoms with van der Waals surface area (Å²) in [6.45, 7) is 9.81. The van der Waals surface area contributed by atoms with Crippen molar-refractivity contribution in [1.82, 2.24) is 35.0 Å². The number of aromatic amines is 1. The van der Waals surface area contributed by atoms with Gasteiger partial charge < -0.3 is 19.2 Å². The lowest BCUT2D eigenvalue weighted by Crippen LogP contribution is -2.48. The number of piperazine rings is 1. The molecule has 214 valence electrons. The summed E-state index contributed by atoms with van der Waals surface area (Å²) in [5, 5.41) is 13.9. The molecule has 2 fully saturated rings. The van der Waals surface area contributed by atoms with Crippen molar-refractivity contribution in [2.24, 2.45) is 0 Å². The molecule has 0 saturated carbocycles. The fourth-order valence-electron chi connectivity index (χ4n) is 6.39. The van der Waals surface area contributed by atoms with Crippen LogP contribution in [0.25, 0.3) is 10.9 Å². The number of tetrazole rings is 1. The van der Waals surface area contributed by atoms with Crippen LogP contribution >= 0.6 is 0 Å². The van der Waals surface area contributed by atoms with Crippen molar-refractivity contribution in [3.8, 4) is 11.5 Å². The average molecular weight is 558 g/mol. The summed E-state index contributed by atoms with van der Waals surface area (Å²) in [5.74, 6) is 2.28. The van der Waals surface area contributed by atoms with Crippen LogP contribution in [-0.2, 0) is 17.8 Å². The smallest absolute Gasteiger partial charge is 0.253 e. The van der Waals surface area contributed by atoms with Gasteiger partial charge in [-0.1, -0.05) is 12.1 Å². The van der Waals surface area contributed by atoms with Crippen molar-refractivity contribution in [2.45, 2.75) is 51.9 Å². The van der Waals surface area contributed by atoms with E-state index in [1.807, 2.05) is 29.8 Å². The van der Waals surface area contributed by atoms with E-state index in [0.717, 1.165) is 85.7 Å². The number of aromatic nitrogens is 5. The molecule has 5 heterocycles. The fourth-order valence-corrected chi connectivity index (χ4v) is 6.39. The van der Waals surface area contributed by atoms with Gasteiger partial charge in [0.1, 0.15) is 6.04 Å². The molecule has 2 saturated heterocycles. The van der Waals surface area contributed by atoms with E-state index in [0.29, 0.717) is 17.9 Å². The zero-order valence-electron chi connectivity index (χ0n) is 23.5. The molecule has 2 aromatic heterocycles. The Labute approximate surface area is 238 Å². The quantitative estimate of drug-likeness (QED) is 0.367. The van der Waals surface area contributed by atoms with Crippen molar-refractivity contribution in [3.63, 3.8) is 0 Å². The molecule has 11 nitrogen and oxygen atoms in total. The lowest BCUT2D eigenvalue weighted by molar-refractivity contribution is 0.0840. The summed E-state index contributed by atoms with van der Waals surface area (Å²) in [7, 11) is 0. The normalized spacial score (nSPS) is 20.2. The van der Waals surface area contributed by atoms with E-state index in [9.17, 15) is 4.79 Å². The standard InChI is InChI=1S/C30H35N7O4/c1-19-12-20(2)23-15-24(30(38)31-25(23)13-19)28(29-32-33-34-37(29)17-22-4-3-11-39-22)36-9-7-35(8-10-36)16-21-5-6-26-27(14-21)41-18-40-26/h5-6,12-15,22,28H,3-4,7-11,16-18H2,1-2H3,(H,31,38)/t22-,28+/m1/s1. The van der Waals surface area contributed by atoms with Gasteiger partial charge in [-0.2, -0.15) is 0 Å². The number of nitrogens with zero attached hydrogens (tertiary/aromatic N) is 6. The second kappa shape index (κ2) is 10.9. The molecule has 0 bridgehead atoms. The Balaban J connectivity index is 1.19. The largest absolute Gasteiger partial charge is 0.454 e. The SMILES string of the molecule is Cc1cc(C)c2cc([C@@H](c3nnnn3C[C@H]3CCCO3)N3CCN(Cc4ccc5c(c4)OCO5)CC3)c(=O)[nH]c2c1. The predicted molar refractivity (Wildman–Crippen MR) is 152 cm³/mol. The molecule has 3 aliphatic rings. The monoisotopic (exact) mass is 557 g/mol. The summed E-state index contributed by atoms with van der Waals surface area (Å²) in [6.07, 6.45) is 2.11. The van der Waals surface area contributed by atoms with Crippen molar-refractivity contribution in [3.05, 3.63) is 74.8 Å². The molecule has 0 unspecified atom stereocenters. The number of ether oxygens (including phenoxy) is 3. The van der Waals surface area contributed by atoms with Crippen LogP contribution in [-0.4, -0.2) is 80.7 Å². The van der Waals surface area contributed by atoms with Crippen LogP contribution in [0.1, 0.15) is 47.0 Å². The average Bonchev–Trinajstić information content (AvgIpc) is 3.73. The first-order valence-electron chi connectivity index (χ1n) is 14.4. The Morgan fingerprint density at radius 2 is 1.90 bits per heavy atom. The zero-order chi connectivity index (χ0) is 27.9. The van der Waals surface area contributed by atoms with Crippen LogP contribution in [0, 0.1) is 13.8 Å². The molecule has 7 rings (SSSR count). The second-order valence-electron chi connectivity index (χ2n) is 11.4. The van der Waals surface area contributed by atoms with Crippen LogP contribution in [0.2, 0.25) is 0 Å². The zero-order valence-corrected chi connectivity index (χ0v) is 23.5. The van der Waals surface area contributed by atoms with E-state index < -0.39 is 0 Å². The number of benzene rings is 2. The van der Waals surface area contributed by atoms with Gasteiger partial charge in [-0.05, 0) is 78.1 Å². The number of hydrogen-bond donors (Lipinski definition) is 1. The number of H-pyrrole nitrogens is 1. The fraction of sp³-hybridized carbons (Fsp3) is 0.467. The molecule has 2 atom stereocenters. The molecular formula is C30H35N7O4. The van der Waals surface area contributed by atoms with Gasteiger partial charge in [0.2, 0.25) is 6.79 Å². The van der Waals surface area contributed by atoms with Gasteiger partial charge in [0.15, 0.2) is 17.3 Å². The summed E-state index contributed by atoms with van der Waals surface area (Å²) in [5.41, 5.74) is 4.84. The number of fused-ring (bicyclic) bond motifs is 2. The predicted octanol–water partition coefficient (Wildman–Crippen LogP) is 2.95. The highest BCUT2D eigenvalue weighted by Crippen LogP contribution is 2.34. The Morgan fingerprint density at radius 3 is 2.73 bits per heavy atom. The third kappa shape index (κ3) is 5.20. The number of nitrogens with one attached hydrogen (secondary N) is 1. The van der Waals surface area contributed by atoms with Gasteiger partial charge in [0.25, 0.3) is 5.56 Å². The van der Waals surface area contributed by atoms with E-state index in [2.05, 4.69) is 55.4 Å². The summed E-state index contributed by atoms with van der Waals surface area (Å²) in [4.78, 5) is 21.6. The highest BCUT2D eigenvalue weighted by Gasteiger charge is 2.33. The first-order valence-corrected chi connectivity index (χ1v) is 14.4. The minimum Gasteiger partial charge on any atom is -0.454 e. The van der Waals surface area contributed by atoms with Crippen LogP contribution in [0.5, 0.6) is 11.5 Å². The summed E-state index contributed by atoms with van der Waals surface area (Å²) >= 11 is 0. The van der Waals surface area contributed by atoms with E-state index >= 15 is 0 Å². The van der Waals surface area contributed by atoms with Crippen LogP contribution in [0.4, 0.5) is 0 Å². The van der Waals surface area contributed by atoms with E-state index in [1.54, 1.807) is 0 Å². The minimum atomic E-state index is -0.382. The van der Waals surface area contributed by atoms with E-state index in [1.165, 1.54) is 5.56 Å². The highest BCUT2D eigenvalue weighted by atomic mass is 16.7. The molecule has 41 heavy (non-hydrogen) atoms. The Kier molecular flexibility index (Phi) is 6.93. The summed E-state index contributed by atoms with van der Waals surface area (Å²) < 4.78 is 18.8. The maximum Gasteiger partial charge on any atom is 0.253 e. The first kappa shape index (κ1) is 26.1. The molecule has 3 aliphatic heterocycles. The van der Waals surface area contributed by atoms with Crippen LogP contribution in [0.3, 0.4) is 0 Å². The van der Waals surface area contributed by atoms with E-state index in [4.69, 9.17) is 14.2 Å². The maximum atomic E-state index is 13.7. The minimum absolute atomic E-state index is 0.0801. The molecule has 0 aliphatic carbocycles. The van der Waals surface area contributed by atoms with Crippen LogP contribution in [0.15, 0.2) is 41.2 Å². The van der Waals surface area contributed by atoms with Crippen molar-refractivity contribution < 1.29 is 14.2 Å². The number of rotatable bonds is 7. The Bertz CT molecular complexity index is 1620. The lowest BCUT2D eigenvalue weighted by Gasteiger charge is -2.38. The maximum absolute atomic E-state index is 13.7. The summed E-state index contributed by atoms with van der Waals surface area (Å²) in [6, 6.07) is 12.0. The van der Waals surface area contributed by atoms with Crippen LogP contribution < -0.4 is 15.0 Å². The first-order chi connectivity index (χ1) is 20.0. The third-order valence-corrected chi connectivity index (χ3v) is 8.46. The Hall–Kier alpha value is -3.80. The third-order valence-electron chi connectivity index (χ3n) is 8.46. The van der Waals surface area contributed by atoms with Gasteiger partial charge in [-0.25, -0.2) is 4.68 Å². The molecule has 0 spiro atoms. The van der Waals surface area contributed by atoms with Crippen molar-refractivity contribution in [2.75, 3.05) is 39.6 Å². The van der Waals surface area contributed by atoms with E-state index in [-0.39, 0.29) is 24.5 Å². The van der Waals surface area contributed by atoms with Crippen molar-refractivity contribution in [1.29, 1.82) is 0 Å². The lowest BCUT2D eigenvalue weighted by atomic mass is 9.99. The molecule has 1 N–H and O–H groups in total. The second-order valence-corrected chi connectivity index (χ2v) is 11.4. The number of pyridine rings is 1. The molecule has 4 aromatic rings. The molecule has 0 amide bonds. The van der Waals surface area contributed by atoms with Gasteiger partial charge in [0, 0.05) is 55.8 Å². The van der Waals surface area contributed by atoms with Gasteiger partial charge in [-0.3, -0.25) is 14.6 Å². The molecule has 0 radical (unpaired) electrons. The van der Waals surface area contributed by atoms with Gasteiger partial charge in [-0.15, -0.1) is 5.10 Å². The molecular weight excluding hydrogens is 522 g/mol. The van der Waals surface area contributed by atoms with Gasteiger partial charge in [0.05, 0.1) is 12.6 Å². The van der Waals surface area contributed by atoms with Gasteiger partial charge >= 0.3 is 0 Å². The molecule has 11 heteroatoms. The highest BCUT2D eigenvalue weighted by molar-refractivity contribution is 5.83. The van der Waals surface area contributed by atoms with Crippen molar-refractivity contribution >= 4 is 10.9 Å².